The van der Waals surface area contributed by atoms with E-state index in [2.05, 4.69) is 20.9 Å². The molecular weight excluding hydrogens is 443 g/mol. The van der Waals surface area contributed by atoms with Crippen LogP contribution in [0.15, 0.2) is 79.1 Å². The summed E-state index contributed by atoms with van der Waals surface area (Å²) in [4.78, 5) is 41.5. The van der Waals surface area contributed by atoms with E-state index in [1.54, 1.807) is 42.5 Å². The second-order valence-corrected chi connectivity index (χ2v) is 6.93. The SMILES string of the molecule is O=C(O)Nn1nc(-c2cccc(F)c2)c(-c2ccccc2)c1C(=O)NNC(=O)c1cccnc1. The van der Waals surface area contributed by atoms with Gasteiger partial charge in [0.25, 0.3) is 11.8 Å². The van der Waals surface area contributed by atoms with Gasteiger partial charge < -0.3 is 5.11 Å². The maximum Gasteiger partial charge on any atom is 0.425 e. The monoisotopic (exact) mass is 460 g/mol. The highest BCUT2D eigenvalue weighted by molar-refractivity contribution is 6.05. The van der Waals surface area contributed by atoms with Crippen LogP contribution in [0.4, 0.5) is 9.18 Å². The molecule has 4 rings (SSSR count). The van der Waals surface area contributed by atoms with Gasteiger partial charge in [0.15, 0.2) is 5.69 Å². The summed E-state index contributed by atoms with van der Waals surface area (Å²) in [6.07, 6.45) is 1.32. The van der Waals surface area contributed by atoms with Crippen LogP contribution in [0.5, 0.6) is 0 Å². The van der Waals surface area contributed by atoms with Gasteiger partial charge >= 0.3 is 6.09 Å². The first-order valence-electron chi connectivity index (χ1n) is 9.89. The van der Waals surface area contributed by atoms with Crippen molar-refractivity contribution in [2.45, 2.75) is 0 Å². The molecule has 10 nitrogen and oxygen atoms in total. The van der Waals surface area contributed by atoms with Gasteiger partial charge in [-0.1, -0.05) is 42.5 Å². The molecule has 2 aromatic carbocycles. The lowest BCUT2D eigenvalue weighted by molar-refractivity contribution is 0.0841. The van der Waals surface area contributed by atoms with Crippen LogP contribution in [0.3, 0.4) is 0 Å². The molecule has 4 N–H and O–H groups in total. The molecule has 11 heteroatoms. The number of amides is 3. The minimum absolute atomic E-state index is 0.156. The van der Waals surface area contributed by atoms with E-state index in [9.17, 15) is 23.9 Å². The molecule has 3 amide bonds. The van der Waals surface area contributed by atoms with Gasteiger partial charge in [-0.05, 0) is 29.8 Å². The number of carboxylic acid groups (broad SMARTS) is 1. The molecule has 0 fully saturated rings. The standard InChI is InChI=1S/C23H17FN6O4/c24-17-10-4-8-15(12-17)19-18(14-6-2-1-3-7-14)20(30(28-19)29-23(33)34)22(32)27-26-21(31)16-9-5-11-25-13-16/h1-13,29H,(H,26,31)(H,27,32)(H,33,34). The fraction of sp³-hybridized carbons (Fsp3) is 0. The van der Waals surface area contributed by atoms with E-state index < -0.39 is 23.7 Å². The summed E-state index contributed by atoms with van der Waals surface area (Å²) in [5.41, 5.74) is 7.75. The van der Waals surface area contributed by atoms with Crippen molar-refractivity contribution < 1.29 is 23.9 Å². The predicted octanol–water partition coefficient (Wildman–Crippen LogP) is 3.05. The predicted molar refractivity (Wildman–Crippen MR) is 120 cm³/mol. The van der Waals surface area contributed by atoms with Gasteiger partial charge in [0.2, 0.25) is 0 Å². The average molecular weight is 460 g/mol. The molecule has 4 aromatic rings. The summed E-state index contributed by atoms with van der Waals surface area (Å²) in [7, 11) is 0. The number of halogens is 1. The number of aromatic nitrogens is 3. The first-order valence-corrected chi connectivity index (χ1v) is 9.89. The van der Waals surface area contributed by atoms with Crippen molar-refractivity contribution in [2.24, 2.45) is 0 Å². The van der Waals surface area contributed by atoms with E-state index in [1.807, 2.05) is 5.43 Å². The van der Waals surface area contributed by atoms with Crippen molar-refractivity contribution in [3.63, 3.8) is 0 Å². The fourth-order valence-corrected chi connectivity index (χ4v) is 3.26. The summed E-state index contributed by atoms with van der Waals surface area (Å²) >= 11 is 0. The molecule has 34 heavy (non-hydrogen) atoms. The van der Waals surface area contributed by atoms with Crippen LogP contribution in [0.25, 0.3) is 22.4 Å². The number of nitrogens with zero attached hydrogens (tertiary/aromatic N) is 3. The van der Waals surface area contributed by atoms with Crippen molar-refractivity contribution in [3.8, 4) is 22.4 Å². The van der Waals surface area contributed by atoms with Crippen molar-refractivity contribution in [1.29, 1.82) is 0 Å². The van der Waals surface area contributed by atoms with E-state index in [0.717, 1.165) is 4.79 Å². The van der Waals surface area contributed by atoms with Crippen LogP contribution in [0, 0.1) is 5.82 Å². The van der Waals surface area contributed by atoms with Crippen molar-refractivity contribution in [1.82, 2.24) is 25.7 Å². The molecule has 0 aliphatic heterocycles. The average Bonchev–Trinajstić information content (AvgIpc) is 3.22. The quantitative estimate of drug-likeness (QED) is 0.338. The van der Waals surface area contributed by atoms with Crippen LogP contribution in [-0.4, -0.2) is 37.9 Å². The Morgan fingerprint density at radius 2 is 1.62 bits per heavy atom. The molecular formula is C23H17FN6O4. The van der Waals surface area contributed by atoms with Gasteiger partial charge in [-0.25, -0.2) is 14.6 Å². The van der Waals surface area contributed by atoms with Gasteiger partial charge in [0.05, 0.1) is 5.56 Å². The highest BCUT2D eigenvalue weighted by atomic mass is 19.1. The molecule has 2 heterocycles. The maximum atomic E-state index is 14.0. The maximum absolute atomic E-state index is 14.0. The second-order valence-electron chi connectivity index (χ2n) is 6.93. The number of hydrogen-bond donors (Lipinski definition) is 4. The van der Waals surface area contributed by atoms with E-state index in [1.165, 1.54) is 36.7 Å². The normalized spacial score (nSPS) is 10.4. The third-order valence-corrected chi connectivity index (χ3v) is 4.68. The Labute approximate surface area is 192 Å². The molecule has 0 spiro atoms. The molecule has 0 radical (unpaired) electrons. The first kappa shape index (κ1) is 22.1. The molecule has 0 saturated carbocycles. The van der Waals surface area contributed by atoms with Crippen LogP contribution >= 0.6 is 0 Å². The smallest absolute Gasteiger partial charge is 0.425 e. The third kappa shape index (κ3) is 4.72. The highest BCUT2D eigenvalue weighted by Crippen LogP contribution is 2.34. The Morgan fingerprint density at radius 3 is 2.29 bits per heavy atom. The summed E-state index contributed by atoms with van der Waals surface area (Å²) in [5.74, 6) is -2.03. The fourth-order valence-electron chi connectivity index (χ4n) is 3.26. The van der Waals surface area contributed by atoms with Gasteiger partial charge in [-0.2, -0.15) is 9.89 Å². The van der Waals surface area contributed by atoms with Crippen LogP contribution < -0.4 is 16.3 Å². The zero-order valence-electron chi connectivity index (χ0n) is 17.4. The minimum atomic E-state index is -1.48. The first-order chi connectivity index (χ1) is 16.4. The number of pyridine rings is 1. The molecule has 0 unspecified atom stereocenters. The molecule has 0 aliphatic rings. The third-order valence-electron chi connectivity index (χ3n) is 4.68. The lowest BCUT2D eigenvalue weighted by atomic mass is 9.98. The van der Waals surface area contributed by atoms with Gasteiger partial charge in [-0.15, -0.1) is 0 Å². The van der Waals surface area contributed by atoms with E-state index in [4.69, 9.17) is 0 Å². The van der Waals surface area contributed by atoms with Crippen molar-refractivity contribution >= 4 is 17.9 Å². The number of hydrazine groups is 1. The molecule has 0 aliphatic carbocycles. The Morgan fingerprint density at radius 1 is 0.882 bits per heavy atom. The second kappa shape index (κ2) is 9.61. The number of nitrogens with one attached hydrogen (secondary N) is 3. The number of carbonyl (C=O) groups is 3. The Hall–Kier alpha value is -5.06. The number of rotatable bonds is 5. The van der Waals surface area contributed by atoms with Crippen molar-refractivity contribution in [3.05, 3.63) is 96.2 Å². The molecule has 0 atom stereocenters. The number of hydrogen-bond acceptors (Lipinski definition) is 5. The van der Waals surface area contributed by atoms with Crippen LogP contribution in [0.1, 0.15) is 20.8 Å². The lowest BCUT2D eigenvalue weighted by Crippen LogP contribution is -2.43. The van der Waals surface area contributed by atoms with Gasteiger partial charge in [0.1, 0.15) is 11.5 Å². The van der Waals surface area contributed by atoms with Crippen LogP contribution in [0.2, 0.25) is 0 Å². The number of carbonyl (C=O) groups excluding carboxylic acids is 2. The zero-order chi connectivity index (χ0) is 24.1. The number of benzene rings is 2. The summed E-state index contributed by atoms with van der Waals surface area (Å²) in [5, 5.41) is 13.5. The highest BCUT2D eigenvalue weighted by Gasteiger charge is 2.27. The van der Waals surface area contributed by atoms with Gasteiger partial charge in [-0.3, -0.25) is 25.4 Å². The van der Waals surface area contributed by atoms with Gasteiger partial charge in [0, 0.05) is 23.5 Å². The summed E-state index contributed by atoms with van der Waals surface area (Å²) in [6, 6.07) is 17.2. The largest absolute Gasteiger partial charge is 0.464 e. The molecule has 0 bridgehead atoms. The Kier molecular flexibility index (Phi) is 6.26. The summed E-state index contributed by atoms with van der Waals surface area (Å²) in [6.45, 7) is 0. The van der Waals surface area contributed by atoms with Crippen molar-refractivity contribution in [2.75, 3.05) is 5.43 Å². The topological polar surface area (TPSA) is 138 Å². The van der Waals surface area contributed by atoms with E-state index >= 15 is 0 Å². The van der Waals surface area contributed by atoms with Crippen LogP contribution in [-0.2, 0) is 0 Å². The molecule has 170 valence electrons. The zero-order valence-corrected chi connectivity index (χ0v) is 17.4. The lowest BCUT2D eigenvalue weighted by Gasteiger charge is -2.11. The minimum Gasteiger partial charge on any atom is -0.464 e. The molecule has 2 aromatic heterocycles. The van der Waals surface area contributed by atoms with E-state index in [0.29, 0.717) is 11.1 Å². The Balaban J connectivity index is 1.80. The summed E-state index contributed by atoms with van der Waals surface area (Å²) < 4.78 is 14.0. The Bertz CT molecular complexity index is 1360. The molecule has 0 saturated heterocycles. The van der Waals surface area contributed by atoms with E-state index in [-0.39, 0.29) is 22.5 Å².